The van der Waals surface area contributed by atoms with Crippen LogP contribution in [0.25, 0.3) is 0 Å². The van der Waals surface area contributed by atoms with Gasteiger partial charge in [-0.1, -0.05) is 34.1 Å². The fraction of sp³-hybridized carbons (Fsp3) is 0.294. The number of hydrogen-bond acceptors (Lipinski definition) is 1. The third-order valence-corrected chi connectivity index (χ3v) is 3.91. The Morgan fingerprint density at radius 3 is 2.33 bits per heavy atom. The monoisotopic (exact) mass is 353 g/mol. The number of rotatable bonds is 5. The normalized spacial score (nSPS) is 14.0. The highest BCUT2D eigenvalue weighted by molar-refractivity contribution is 9.10. The van der Waals surface area contributed by atoms with Crippen LogP contribution in [0.2, 0.25) is 0 Å². The Kier molecular flexibility index (Phi) is 5.48. The molecule has 2 unspecified atom stereocenters. The van der Waals surface area contributed by atoms with Crippen LogP contribution in [-0.4, -0.2) is 6.04 Å². The van der Waals surface area contributed by atoms with Crippen LogP contribution in [0.4, 0.5) is 8.78 Å². The summed E-state index contributed by atoms with van der Waals surface area (Å²) in [4.78, 5) is 0. The molecule has 0 aromatic heterocycles. The summed E-state index contributed by atoms with van der Waals surface area (Å²) in [6, 6.07) is 11.6. The lowest BCUT2D eigenvalue weighted by Crippen LogP contribution is -2.31. The number of halogens is 3. The van der Waals surface area contributed by atoms with Gasteiger partial charge in [0, 0.05) is 22.1 Å². The lowest BCUT2D eigenvalue weighted by molar-refractivity contribution is 0.460. The van der Waals surface area contributed by atoms with Gasteiger partial charge in [-0.05, 0) is 50.1 Å². The van der Waals surface area contributed by atoms with E-state index in [1.54, 1.807) is 18.2 Å². The zero-order valence-corrected chi connectivity index (χ0v) is 13.6. The molecule has 2 aromatic rings. The van der Waals surface area contributed by atoms with Gasteiger partial charge >= 0.3 is 0 Å². The Morgan fingerprint density at radius 2 is 1.71 bits per heavy atom. The second-order valence-corrected chi connectivity index (χ2v) is 6.20. The van der Waals surface area contributed by atoms with Crippen LogP contribution in [0.3, 0.4) is 0 Å². The first kappa shape index (κ1) is 16.1. The van der Waals surface area contributed by atoms with Crippen molar-refractivity contribution in [1.29, 1.82) is 0 Å². The molecule has 21 heavy (non-hydrogen) atoms. The summed E-state index contributed by atoms with van der Waals surface area (Å²) in [5.74, 6) is -0.456. The molecule has 0 aliphatic carbocycles. The SMILES string of the molecule is CC(Cc1ccc(F)cc1)NC(C)c1ccc(Br)cc1F. The minimum Gasteiger partial charge on any atom is -0.307 e. The predicted octanol–water partition coefficient (Wildman–Crippen LogP) is 5.01. The maximum Gasteiger partial charge on any atom is 0.129 e. The van der Waals surface area contributed by atoms with Crippen LogP contribution in [0.5, 0.6) is 0 Å². The van der Waals surface area contributed by atoms with Gasteiger partial charge in [0.25, 0.3) is 0 Å². The number of benzene rings is 2. The summed E-state index contributed by atoms with van der Waals surface area (Å²) in [5, 5.41) is 3.37. The van der Waals surface area contributed by atoms with E-state index in [4.69, 9.17) is 0 Å². The smallest absolute Gasteiger partial charge is 0.129 e. The molecular weight excluding hydrogens is 336 g/mol. The van der Waals surface area contributed by atoms with E-state index in [0.717, 1.165) is 16.5 Å². The van der Waals surface area contributed by atoms with Gasteiger partial charge in [0.15, 0.2) is 0 Å². The summed E-state index contributed by atoms with van der Waals surface area (Å²) in [6.07, 6.45) is 0.767. The highest BCUT2D eigenvalue weighted by Crippen LogP contribution is 2.21. The van der Waals surface area contributed by atoms with Crippen molar-refractivity contribution in [3.05, 3.63) is 69.7 Å². The molecule has 0 spiro atoms. The minimum absolute atomic E-state index is 0.0893. The fourth-order valence-corrected chi connectivity index (χ4v) is 2.74. The molecule has 2 atom stereocenters. The number of nitrogens with one attached hydrogen (secondary N) is 1. The topological polar surface area (TPSA) is 12.0 Å². The van der Waals surface area contributed by atoms with E-state index in [2.05, 4.69) is 21.2 Å². The quantitative estimate of drug-likeness (QED) is 0.796. The zero-order valence-electron chi connectivity index (χ0n) is 12.0. The molecule has 2 aromatic carbocycles. The lowest BCUT2D eigenvalue weighted by Gasteiger charge is -2.21. The average molecular weight is 354 g/mol. The maximum atomic E-state index is 13.9. The van der Waals surface area contributed by atoms with Gasteiger partial charge in [-0.3, -0.25) is 0 Å². The minimum atomic E-state index is -0.232. The molecule has 0 aliphatic heterocycles. The van der Waals surface area contributed by atoms with Crippen LogP contribution in [0, 0.1) is 11.6 Å². The molecular formula is C17H18BrF2N. The number of hydrogen-bond donors (Lipinski definition) is 1. The summed E-state index contributed by atoms with van der Waals surface area (Å²) in [6.45, 7) is 3.98. The molecule has 0 bridgehead atoms. The molecule has 1 nitrogen and oxygen atoms in total. The Labute approximate surface area is 132 Å². The molecule has 1 N–H and O–H groups in total. The van der Waals surface area contributed by atoms with E-state index < -0.39 is 0 Å². The van der Waals surface area contributed by atoms with Crippen molar-refractivity contribution in [3.63, 3.8) is 0 Å². The largest absolute Gasteiger partial charge is 0.307 e. The second kappa shape index (κ2) is 7.14. The second-order valence-electron chi connectivity index (χ2n) is 5.29. The average Bonchev–Trinajstić information content (AvgIpc) is 2.41. The summed E-state index contributed by atoms with van der Waals surface area (Å²) in [5.41, 5.74) is 1.70. The predicted molar refractivity (Wildman–Crippen MR) is 85.2 cm³/mol. The Balaban J connectivity index is 1.98. The van der Waals surface area contributed by atoms with Gasteiger partial charge < -0.3 is 5.32 Å². The van der Waals surface area contributed by atoms with Crippen molar-refractivity contribution in [2.75, 3.05) is 0 Å². The highest BCUT2D eigenvalue weighted by atomic mass is 79.9. The van der Waals surface area contributed by atoms with Crippen molar-refractivity contribution in [2.24, 2.45) is 0 Å². The van der Waals surface area contributed by atoms with Crippen LogP contribution >= 0.6 is 15.9 Å². The van der Waals surface area contributed by atoms with Gasteiger partial charge in [-0.2, -0.15) is 0 Å². The molecule has 0 fully saturated rings. The Bertz CT molecular complexity index is 598. The first-order valence-electron chi connectivity index (χ1n) is 6.91. The van der Waals surface area contributed by atoms with Crippen LogP contribution in [0.1, 0.15) is 31.0 Å². The van der Waals surface area contributed by atoms with E-state index in [0.29, 0.717) is 5.56 Å². The molecule has 0 saturated carbocycles. The fourth-order valence-electron chi connectivity index (χ4n) is 2.40. The molecule has 0 radical (unpaired) electrons. The Hall–Kier alpha value is -1.26. The van der Waals surface area contributed by atoms with E-state index in [-0.39, 0.29) is 23.7 Å². The molecule has 0 saturated heterocycles. The van der Waals surface area contributed by atoms with Gasteiger partial charge in [-0.15, -0.1) is 0 Å². The van der Waals surface area contributed by atoms with Crippen LogP contribution in [0.15, 0.2) is 46.9 Å². The van der Waals surface area contributed by atoms with Crippen molar-refractivity contribution in [3.8, 4) is 0 Å². The van der Waals surface area contributed by atoms with Gasteiger partial charge in [0.2, 0.25) is 0 Å². The summed E-state index contributed by atoms with van der Waals surface area (Å²) >= 11 is 3.26. The third kappa shape index (κ3) is 4.61. The van der Waals surface area contributed by atoms with E-state index in [9.17, 15) is 8.78 Å². The van der Waals surface area contributed by atoms with Gasteiger partial charge in [0.05, 0.1) is 0 Å². The summed E-state index contributed by atoms with van der Waals surface area (Å²) in [7, 11) is 0. The zero-order chi connectivity index (χ0) is 15.4. The molecule has 0 heterocycles. The summed E-state index contributed by atoms with van der Waals surface area (Å²) < 4.78 is 27.5. The first-order chi connectivity index (χ1) is 9.95. The van der Waals surface area contributed by atoms with Gasteiger partial charge in [-0.25, -0.2) is 8.78 Å². The van der Waals surface area contributed by atoms with Crippen molar-refractivity contribution < 1.29 is 8.78 Å². The molecule has 0 amide bonds. The van der Waals surface area contributed by atoms with Crippen molar-refractivity contribution in [1.82, 2.24) is 5.32 Å². The first-order valence-corrected chi connectivity index (χ1v) is 7.70. The van der Waals surface area contributed by atoms with Crippen molar-refractivity contribution >= 4 is 15.9 Å². The van der Waals surface area contributed by atoms with Crippen LogP contribution in [-0.2, 0) is 6.42 Å². The van der Waals surface area contributed by atoms with Crippen molar-refractivity contribution in [2.45, 2.75) is 32.4 Å². The van der Waals surface area contributed by atoms with E-state index in [1.165, 1.54) is 18.2 Å². The van der Waals surface area contributed by atoms with E-state index in [1.807, 2.05) is 19.9 Å². The third-order valence-electron chi connectivity index (χ3n) is 3.42. The van der Waals surface area contributed by atoms with Gasteiger partial charge in [0.1, 0.15) is 11.6 Å². The molecule has 0 aliphatic rings. The Morgan fingerprint density at radius 1 is 1.05 bits per heavy atom. The molecule has 112 valence electrons. The van der Waals surface area contributed by atoms with Crippen LogP contribution < -0.4 is 5.32 Å². The molecule has 2 rings (SSSR count). The standard InChI is InChI=1S/C17H18BrF2N/c1-11(9-13-3-6-15(19)7-4-13)21-12(2)16-8-5-14(18)10-17(16)20/h3-8,10-12,21H,9H2,1-2H3. The maximum absolute atomic E-state index is 13.9. The highest BCUT2D eigenvalue weighted by Gasteiger charge is 2.14. The lowest BCUT2D eigenvalue weighted by atomic mass is 10.0. The molecule has 4 heteroatoms. The van der Waals surface area contributed by atoms with E-state index >= 15 is 0 Å².